The molecule has 0 aromatic heterocycles. The van der Waals surface area contributed by atoms with E-state index in [4.69, 9.17) is 5.73 Å². The van der Waals surface area contributed by atoms with Crippen molar-refractivity contribution in [1.82, 2.24) is 4.90 Å². The van der Waals surface area contributed by atoms with Crippen LogP contribution in [0.25, 0.3) is 0 Å². The molecule has 1 atom stereocenters. The first kappa shape index (κ1) is 11.9. The lowest BCUT2D eigenvalue weighted by Crippen LogP contribution is -2.32. The van der Waals surface area contributed by atoms with E-state index in [1.807, 2.05) is 14.1 Å². The van der Waals surface area contributed by atoms with Gasteiger partial charge in [0.2, 0.25) is 0 Å². The van der Waals surface area contributed by atoms with Crippen LogP contribution in [0.4, 0.5) is 0 Å². The smallest absolute Gasteiger partial charge is 0.0164 e. The van der Waals surface area contributed by atoms with Gasteiger partial charge in [-0.15, -0.1) is 12.4 Å². The molecule has 0 amide bonds. The van der Waals surface area contributed by atoms with E-state index in [2.05, 4.69) is 11.8 Å². The summed E-state index contributed by atoms with van der Waals surface area (Å²) in [6.07, 6.45) is 1.07. The minimum Gasteiger partial charge on any atom is -0.327 e. The molecule has 0 bridgehead atoms. The van der Waals surface area contributed by atoms with Crippen molar-refractivity contribution >= 4 is 12.4 Å². The lowest BCUT2D eigenvalue weighted by molar-refractivity contribution is 0.368. The zero-order valence-corrected chi connectivity index (χ0v) is 7.24. The third kappa shape index (κ3) is 8.21. The average molecular weight is 153 g/mol. The average Bonchev–Trinajstić information content (AvgIpc) is 1.65. The van der Waals surface area contributed by atoms with E-state index in [9.17, 15) is 0 Å². The van der Waals surface area contributed by atoms with E-state index in [0.717, 1.165) is 13.0 Å². The van der Waals surface area contributed by atoms with Crippen molar-refractivity contribution in [3.8, 4) is 0 Å². The highest BCUT2D eigenvalue weighted by molar-refractivity contribution is 5.85. The van der Waals surface area contributed by atoms with Crippen LogP contribution in [-0.2, 0) is 0 Å². The Hall–Kier alpha value is 0.210. The summed E-state index contributed by atoms with van der Waals surface area (Å²) in [5, 5.41) is 0. The molecule has 0 spiro atoms. The molecule has 0 saturated carbocycles. The van der Waals surface area contributed by atoms with Crippen molar-refractivity contribution in [1.29, 1.82) is 0 Å². The molecule has 0 aliphatic heterocycles. The molecule has 0 aromatic carbocycles. The number of halogens is 1. The summed E-state index contributed by atoms with van der Waals surface area (Å²) in [6.45, 7) is 3.10. The molecule has 0 rings (SSSR count). The van der Waals surface area contributed by atoms with Crippen molar-refractivity contribution in [3.63, 3.8) is 0 Å². The molecule has 58 valence electrons. The molecule has 0 aliphatic rings. The molecule has 0 aliphatic carbocycles. The number of nitrogens with two attached hydrogens (primary N) is 1. The summed E-state index contributed by atoms with van der Waals surface area (Å²) < 4.78 is 0. The highest BCUT2D eigenvalue weighted by Gasteiger charge is 1.97. The summed E-state index contributed by atoms with van der Waals surface area (Å²) in [7, 11) is 4.07. The van der Waals surface area contributed by atoms with E-state index >= 15 is 0 Å². The van der Waals surface area contributed by atoms with Crippen molar-refractivity contribution in [2.75, 3.05) is 20.6 Å². The summed E-state index contributed by atoms with van der Waals surface area (Å²) in [6, 6.07) is 0.352. The van der Waals surface area contributed by atoms with Crippen LogP contribution in [0.15, 0.2) is 0 Å². The Balaban J connectivity index is 0. The van der Waals surface area contributed by atoms with E-state index < -0.39 is 0 Å². The van der Waals surface area contributed by atoms with Crippen LogP contribution in [0.3, 0.4) is 0 Å². The SMILES string of the molecule is CCC(N)CN(C)C.Cl. The van der Waals surface area contributed by atoms with E-state index in [0.29, 0.717) is 6.04 Å². The largest absolute Gasteiger partial charge is 0.327 e. The van der Waals surface area contributed by atoms with E-state index in [-0.39, 0.29) is 12.4 Å². The minimum absolute atomic E-state index is 0. The number of likely N-dealkylation sites (N-methyl/N-ethyl adjacent to an activating group) is 1. The van der Waals surface area contributed by atoms with Gasteiger partial charge in [-0.1, -0.05) is 6.92 Å². The molecule has 0 fully saturated rings. The summed E-state index contributed by atoms with van der Waals surface area (Å²) in [5.41, 5.74) is 5.63. The first-order valence-electron chi connectivity index (χ1n) is 3.07. The Morgan fingerprint density at radius 3 is 2.00 bits per heavy atom. The van der Waals surface area contributed by atoms with Gasteiger partial charge in [0.15, 0.2) is 0 Å². The Labute approximate surface area is 63.8 Å². The molecule has 1 unspecified atom stereocenters. The van der Waals surface area contributed by atoms with Crippen molar-refractivity contribution < 1.29 is 0 Å². The molecule has 2 N–H and O–H groups in total. The predicted molar refractivity (Wildman–Crippen MR) is 44.1 cm³/mol. The maximum absolute atomic E-state index is 5.63. The Kier molecular flexibility index (Phi) is 8.40. The van der Waals surface area contributed by atoms with Gasteiger partial charge in [-0.05, 0) is 20.5 Å². The fourth-order valence-corrected chi connectivity index (χ4v) is 0.598. The van der Waals surface area contributed by atoms with Gasteiger partial charge in [0, 0.05) is 12.6 Å². The highest BCUT2D eigenvalue weighted by Crippen LogP contribution is 1.86. The number of hydrogen-bond acceptors (Lipinski definition) is 2. The lowest BCUT2D eigenvalue weighted by atomic mass is 10.2. The van der Waals surface area contributed by atoms with Crippen LogP contribution in [0.2, 0.25) is 0 Å². The van der Waals surface area contributed by atoms with Gasteiger partial charge in [0.1, 0.15) is 0 Å². The second kappa shape index (κ2) is 6.33. The van der Waals surface area contributed by atoms with Crippen LogP contribution >= 0.6 is 12.4 Å². The van der Waals surface area contributed by atoms with Crippen LogP contribution in [0.5, 0.6) is 0 Å². The van der Waals surface area contributed by atoms with E-state index in [1.54, 1.807) is 0 Å². The monoisotopic (exact) mass is 152 g/mol. The van der Waals surface area contributed by atoms with Crippen molar-refractivity contribution in [2.24, 2.45) is 5.73 Å². The van der Waals surface area contributed by atoms with E-state index in [1.165, 1.54) is 0 Å². The molecule has 3 heteroatoms. The van der Waals surface area contributed by atoms with Gasteiger partial charge in [0.25, 0.3) is 0 Å². The fourth-order valence-electron chi connectivity index (χ4n) is 0.598. The minimum atomic E-state index is 0. The molecule has 9 heavy (non-hydrogen) atoms. The van der Waals surface area contributed by atoms with Crippen molar-refractivity contribution in [2.45, 2.75) is 19.4 Å². The Morgan fingerprint density at radius 1 is 1.44 bits per heavy atom. The van der Waals surface area contributed by atoms with Crippen LogP contribution < -0.4 is 5.73 Å². The standard InChI is InChI=1S/C6H16N2.ClH/c1-4-6(7)5-8(2)3;/h6H,4-5,7H2,1-3H3;1H. The number of rotatable bonds is 3. The quantitative estimate of drug-likeness (QED) is 0.646. The topological polar surface area (TPSA) is 29.3 Å². The first-order chi connectivity index (χ1) is 3.66. The summed E-state index contributed by atoms with van der Waals surface area (Å²) in [5.74, 6) is 0. The zero-order valence-electron chi connectivity index (χ0n) is 6.42. The van der Waals surface area contributed by atoms with Gasteiger partial charge in [-0.25, -0.2) is 0 Å². The third-order valence-electron chi connectivity index (χ3n) is 1.12. The lowest BCUT2D eigenvalue weighted by Gasteiger charge is -2.13. The fraction of sp³-hybridized carbons (Fsp3) is 1.00. The van der Waals surface area contributed by atoms with Gasteiger partial charge in [-0.3, -0.25) is 0 Å². The Morgan fingerprint density at radius 2 is 1.89 bits per heavy atom. The second-order valence-corrected chi connectivity index (χ2v) is 2.43. The van der Waals surface area contributed by atoms with Gasteiger partial charge in [0.05, 0.1) is 0 Å². The van der Waals surface area contributed by atoms with Crippen molar-refractivity contribution in [3.05, 3.63) is 0 Å². The maximum Gasteiger partial charge on any atom is 0.0164 e. The zero-order chi connectivity index (χ0) is 6.57. The van der Waals surface area contributed by atoms with Gasteiger partial charge in [-0.2, -0.15) is 0 Å². The molecule has 0 radical (unpaired) electrons. The highest BCUT2D eigenvalue weighted by atomic mass is 35.5. The van der Waals surface area contributed by atoms with Gasteiger partial charge >= 0.3 is 0 Å². The number of hydrogen-bond donors (Lipinski definition) is 1. The molecule has 2 nitrogen and oxygen atoms in total. The third-order valence-corrected chi connectivity index (χ3v) is 1.12. The molecule has 0 saturated heterocycles. The predicted octanol–water partition coefficient (Wildman–Crippen LogP) is 0.707. The Bertz CT molecular complexity index is 57.0. The molecule has 0 aromatic rings. The summed E-state index contributed by atoms with van der Waals surface area (Å²) >= 11 is 0. The van der Waals surface area contributed by atoms with Crippen LogP contribution in [0.1, 0.15) is 13.3 Å². The molecular formula is C6H17ClN2. The van der Waals surface area contributed by atoms with Gasteiger partial charge < -0.3 is 10.6 Å². The number of nitrogens with zero attached hydrogens (tertiary/aromatic N) is 1. The normalized spacial score (nSPS) is 13.0. The first-order valence-corrected chi connectivity index (χ1v) is 3.07. The summed E-state index contributed by atoms with van der Waals surface area (Å²) in [4.78, 5) is 2.11. The maximum atomic E-state index is 5.63. The molecule has 0 heterocycles. The van der Waals surface area contributed by atoms with Crippen LogP contribution in [-0.4, -0.2) is 31.6 Å². The second-order valence-electron chi connectivity index (χ2n) is 2.43. The van der Waals surface area contributed by atoms with Crippen LogP contribution in [0, 0.1) is 0 Å². The molecular weight excluding hydrogens is 136 g/mol.